The van der Waals surface area contributed by atoms with E-state index in [1.807, 2.05) is 35.3 Å². The number of hydrazone groups is 1. The van der Waals surface area contributed by atoms with E-state index in [1.165, 1.54) is 6.21 Å². The minimum atomic E-state index is -0.645. The van der Waals surface area contributed by atoms with Gasteiger partial charge in [-0.2, -0.15) is 5.10 Å². The molecule has 1 amide bonds. The number of amides is 1. The molecule has 0 atom stereocenters. The van der Waals surface area contributed by atoms with E-state index in [4.69, 9.17) is 0 Å². The maximum Gasteiger partial charge on any atom is 0.325 e. The predicted molar refractivity (Wildman–Crippen MR) is 73.6 cm³/mol. The first-order valence-corrected chi connectivity index (χ1v) is 5.83. The second-order valence-electron chi connectivity index (χ2n) is 3.99. The number of hydrogen-bond acceptors (Lipinski definition) is 4. The van der Waals surface area contributed by atoms with Crippen molar-refractivity contribution >= 4 is 12.1 Å². The van der Waals surface area contributed by atoms with E-state index in [0.29, 0.717) is 0 Å². The van der Waals surface area contributed by atoms with Crippen LogP contribution in [0.5, 0.6) is 0 Å². The van der Waals surface area contributed by atoms with Gasteiger partial charge >= 0.3 is 5.69 Å². The number of carbonyl (C=O) groups is 1. The lowest BCUT2D eigenvalue weighted by Crippen LogP contribution is -2.26. The first-order valence-electron chi connectivity index (χ1n) is 5.83. The number of aromatic nitrogens is 2. The lowest BCUT2D eigenvalue weighted by atomic mass is 10.2. The Morgan fingerprint density at radius 3 is 2.65 bits per heavy atom. The summed E-state index contributed by atoms with van der Waals surface area (Å²) >= 11 is 0. The van der Waals surface area contributed by atoms with Crippen molar-refractivity contribution in [1.29, 1.82) is 0 Å². The average molecular weight is 272 g/mol. The summed E-state index contributed by atoms with van der Waals surface area (Å²) in [6, 6.07) is 10.4. The molecule has 0 radical (unpaired) electrons. The number of rotatable bonds is 4. The normalized spacial score (nSPS) is 10.6. The topological polar surface area (TPSA) is 107 Å². The summed E-state index contributed by atoms with van der Waals surface area (Å²) in [5.74, 6) is -0.432. The van der Waals surface area contributed by atoms with Gasteiger partial charge in [-0.05, 0) is 5.56 Å². The summed E-state index contributed by atoms with van der Waals surface area (Å²) < 4.78 is 0. The van der Waals surface area contributed by atoms with E-state index in [0.717, 1.165) is 11.6 Å². The highest BCUT2D eigenvalue weighted by atomic mass is 16.2. The SMILES string of the molecule is O=C(Cc1cc(=O)[nH]c(=O)[nH]1)N/N=C\c1ccccc1. The molecule has 0 aliphatic rings. The first-order chi connectivity index (χ1) is 9.63. The van der Waals surface area contributed by atoms with Gasteiger partial charge in [0.15, 0.2) is 0 Å². The zero-order valence-corrected chi connectivity index (χ0v) is 10.4. The molecule has 1 aromatic carbocycles. The monoisotopic (exact) mass is 272 g/mol. The predicted octanol–water partition coefficient (Wildman–Crippen LogP) is -0.244. The minimum absolute atomic E-state index is 0.134. The maximum absolute atomic E-state index is 11.6. The van der Waals surface area contributed by atoms with Crippen molar-refractivity contribution in [2.24, 2.45) is 5.10 Å². The van der Waals surface area contributed by atoms with Crippen LogP contribution in [0.1, 0.15) is 11.3 Å². The Bertz CT molecular complexity index is 703. The maximum atomic E-state index is 11.6. The lowest BCUT2D eigenvalue weighted by molar-refractivity contribution is -0.120. The summed E-state index contributed by atoms with van der Waals surface area (Å²) in [5.41, 5.74) is 2.19. The summed E-state index contributed by atoms with van der Waals surface area (Å²) in [6.07, 6.45) is 1.36. The Hall–Kier alpha value is -2.96. The van der Waals surface area contributed by atoms with Crippen LogP contribution >= 0.6 is 0 Å². The number of nitrogens with one attached hydrogen (secondary N) is 3. The molecule has 0 aliphatic heterocycles. The molecule has 20 heavy (non-hydrogen) atoms. The summed E-state index contributed by atoms with van der Waals surface area (Å²) in [5, 5.41) is 3.78. The third kappa shape index (κ3) is 4.05. The van der Waals surface area contributed by atoms with Crippen molar-refractivity contribution in [3.63, 3.8) is 0 Å². The van der Waals surface area contributed by atoms with Crippen LogP contribution in [0.15, 0.2) is 51.1 Å². The second kappa shape index (κ2) is 6.28. The van der Waals surface area contributed by atoms with Crippen LogP contribution in [-0.4, -0.2) is 22.1 Å². The van der Waals surface area contributed by atoms with Crippen LogP contribution in [0, 0.1) is 0 Å². The average Bonchev–Trinajstić information content (AvgIpc) is 2.38. The van der Waals surface area contributed by atoms with E-state index >= 15 is 0 Å². The van der Waals surface area contributed by atoms with Gasteiger partial charge in [-0.1, -0.05) is 30.3 Å². The molecular formula is C13H12N4O3. The van der Waals surface area contributed by atoms with Gasteiger partial charge in [-0.25, -0.2) is 10.2 Å². The molecule has 7 nitrogen and oxygen atoms in total. The molecule has 0 saturated heterocycles. The summed E-state index contributed by atoms with van der Waals surface area (Å²) in [7, 11) is 0. The first kappa shape index (κ1) is 13.5. The van der Waals surface area contributed by atoms with Gasteiger partial charge in [0.25, 0.3) is 5.56 Å². The zero-order chi connectivity index (χ0) is 14.4. The molecule has 0 unspecified atom stereocenters. The standard InChI is InChI=1S/C13H12N4O3/c18-11-6-10(15-13(20)16-11)7-12(19)17-14-8-9-4-2-1-3-5-9/h1-6,8H,7H2,(H,17,19)(H2,15,16,18,20)/b14-8-. The molecule has 102 valence electrons. The fourth-order valence-electron chi connectivity index (χ4n) is 1.55. The fraction of sp³-hybridized carbons (Fsp3) is 0.0769. The van der Waals surface area contributed by atoms with Crippen LogP contribution in [0.25, 0.3) is 0 Å². The molecule has 0 saturated carbocycles. The molecule has 2 rings (SSSR count). The van der Waals surface area contributed by atoms with Gasteiger partial charge in [0.1, 0.15) is 0 Å². The van der Waals surface area contributed by atoms with Crippen molar-refractivity contribution < 1.29 is 4.79 Å². The van der Waals surface area contributed by atoms with Crippen LogP contribution in [0.4, 0.5) is 0 Å². The number of benzene rings is 1. The van der Waals surface area contributed by atoms with Gasteiger partial charge in [-0.3, -0.25) is 14.6 Å². The molecule has 1 heterocycles. The lowest BCUT2D eigenvalue weighted by Gasteiger charge is -1.99. The molecule has 3 N–H and O–H groups in total. The van der Waals surface area contributed by atoms with E-state index in [2.05, 4.69) is 15.5 Å². The third-order valence-corrected chi connectivity index (χ3v) is 2.37. The molecule has 1 aromatic heterocycles. The zero-order valence-electron chi connectivity index (χ0n) is 10.4. The van der Waals surface area contributed by atoms with Crippen molar-refractivity contribution in [3.8, 4) is 0 Å². The Kier molecular flexibility index (Phi) is 4.23. The van der Waals surface area contributed by atoms with Gasteiger partial charge < -0.3 is 4.98 Å². The Morgan fingerprint density at radius 1 is 1.20 bits per heavy atom. The number of aromatic amines is 2. The minimum Gasteiger partial charge on any atom is -0.311 e. The van der Waals surface area contributed by atoms with Crippen LogP contribution < -0.4 is 16.7 Å². The molecule has 2 aromatic rings. The summed E-state index contributed by atoms with van der Waals surface area (Å²) in [6.45, 7) is 0. The Balaban J connectivity index is 1.94. The summed E-state index contributed by atoms with van der Waals surface area (Å²) in [4.78, 5) is 38.0. The Labute approximate surface area is 113 Å². The third-order valence-electron chi connectivity index (χ3n) is 2.37. The highest BCUT2D eigenvalue weighted by Gasteiger charge is 2.04. The number of nitrogens with zero attached hydrogens (tertiary/aromatic N) is 1. The molecule has 0 fully saturated rings. The van der Waals surface area contributed by atoms with Gasteiger partial charge in [0.2, 0.25) is 5.91 Å². The Morgan fingerprint density at radius 2 is 1.95 bits per heavy atom. The highest BCUT2D eigenvalue weighted by Crippen LogP contribution is 1.93. The molecule has 7 heteroatoms. The van der Waals surface area contributed by atoms with Crippen molar-refractivity contribution in [1.82, 2.24) is 15.4 Å². The van der Waals surface area contributed by atoms with Crippen molar-refractivity contribution in [3.05, 3.63) is 68.5 Å². The quantitative estimate of drug-likeness (QED) is 0.528. The van der Waals surface area contributed by atoms with E-state index in [-0.39, 0.29) is 12.1 Å². The second-order valence-corrected chi connectivity index (χ2v) is 3.99. The molecular weight excluding hydrogens is 260 g/mol. The molecule has 0 bridgehead atoms. The van der Waals surface area contributed by atoms with E-state index < -0.39 is 17.2 Å². The smallest absolute Gasteiger partial charge is 0.311 e. The van der Waals surface area contributed by atoms with E-state index in [9.17, 15) is 14.4 Å². The largest absolute Gasteiger partial charge is 0.325 e. The number of hydrogen-bond donors (Lipinski definition) is 3. The molecule has 0 spiro atoms. The van der Waals surface area contributed by atoms with Gasteiger partial charge in [0, 0.05) is 11.8 Å². The number of carbonyl (C=O) groups excluding carboxylic acids is 1. The van der Waals surface area contributed by atoms with Gasteiger partial charge in [0.05, 0.1) is 12.6 Å². The molecule has 0 aliphatic carbocycles. The van der Waals surface area contributed by atoms with Crippen LogP contribution in [0.3, 0.4) is 0 Å². The number of H-pyrrole nitrogens is 2. The van der Waals surface area contributed by atoms with Crippen LogP contribution in [0.2, 0.25) is 0 Å². The van der Waals surface area contributed by atoms with Crippen LogP contribution in [-0.2, 0) is 11.2 Å². The highest BCUT2D eigenvalue weighted by molar-refractivity contribution is 5.82. The van der Waals surface area contributed by atoms with Gasteiger partial charge in [-0.15, -0.1) is 0 Å². The van der Waals surface area contributed by atoms with Crippen molar-refractivity contribution in [2.75, 3.05) is 0 Å². The van der Waals surface area contributed by atoms with E-state index in [1.54, 1.807) is 0 Å². The van der Waals surface area contributed by atoms with Crippen molar-refractivity contribution in [2.45, 2.75) is 6.42 Å². The fourth-order valence-corrected chi connectivity index (χ4v) is 1.55.